The molecule has 1 saturated heterocycles. The van der Waals surface area contributed by atoms with Crippen LogP contribution in [0.5, 0.6) is 0 Å². The van der Waals surface area contributed by atoms with Gasteiger partial charge in [0, 0.05) is 29.2 Å². The smallest absolute Gasteiger partial charge is 0.252 e. The summed E-state index contributed by atoms with van der Waals surface area (Å²) in [5, 5.41) is 3.90. The summed E-state index contributed by atoms with van der Waals surface area (Å²) in [5.74, 6) is 0.0604. The Kier molecular flexibility index (Phi) is 4.39. The molecule has 0 radical (unpaired) electrons. The van der Waals surface area contributed by atoms with E-state index in [2.05, 4.69) is 10.3 Å². The lowest BCUT2D eigenvalue weighted by Crippen LogP contribution is -2.27. The van der Waals surface area contributed by atoms with Crippen LogP contribution < -0.4 is 9.62 Å². The van der Waals surface area contributed by atoms with Gasteiger partial charge in [0.1, 0.15) is 0 Å². The number of sulfonamides is 1. The quantitative estimate of drug-likeness (QED) is 0.726. The molecule has 1 aromatic heterocycles. The minimum absolute atomic E-state index is 0.140. The van der Waals surface area contributed by atoms with Crippen LogP contribution in [0.15, 0.2) is 54.7 Å². The van der Waals surface area contributed by atoms with Crippen LogP contribution in [-0.4, -0.2) is 31.6 Å². The zero-order chi connectivity index (χ0) is 19.0. The van der Waals surface area contributed by atoms with Crippen LogP contribution in [0.2, 0.25) is 0 Å². The van der Waals surface area contributed by atoms with Crippen LogP contribution >= 0.6 is 0 Å². The van der Waals surface area contributed by atoms with E-state index in [9.17, 15) is 13.2 Å². The number of amides is 1. The number of hydrogen-bond acceptors (Lipinski definition) is 3. The molecule has 1 aliphatic rings. The number of anilines is 1. The number of carbonyl (C=O) groups excluding carboxylic acids is 1. The summed E-state index contributed by atoms with van der Waals surface area (Å²) in [5.41, 5.74) is 3.14. The number of H-pyrrole nitrogens is 1. The van der Waals surface area contributed by atoms with Crippen molar-refractivity contribution in [1.82, 2.24) is 10.3 Å². The third kappa shape index (κ3) is 3.30. The third-order valence-corrected chi connectivity index (χ3v) is 6.84. The molecular weight excluding hydrogens is 362 g/mol. The van der Waals surface area contributed by atoms with E-state index in [4.69, 9.17) is 0 Å². The first-order valence-electron chi connectivity index (χ1n) is 8.93. The van der Waals surface area contributed by atoms with Gasteiger partial charge in [0.05, 0.1) is 17.5 Å². The Labute approximate surface area is 158 Å². The number of aromatic nitrogens is 1. The zero-order valence-corrected chi connectivity index (χ0v) is 15.8. The molecular formula is C20H21N3O3S. The topological polar surface area (TPSA) is 82.3 Å². The maximum atomic E-state index is 12.7. The molecule has 1 fully saturated rings. The Hall–Kier alpha value is -2.80. The van der Waals surface area contributed by atoms with Gasteiger partial charge >= 0.3 is 0 Å². The first-order valence-corrected chi connectivity index (χ1v) is 10.5. The van der Waals surface area contributed by atoms with Gasteiger partial charge in [-0.05, 0) is 49.2 Å². The minimum atomic E-state index is -3.18. The van der Waals surface area contributed by atoms with Crippen LogP contribution in [0.4, 0.5) is 5.69 Å². The third-order valence-electron chi connectivity index (χ3n) is 4.97. The van der Waals surface area contributed by atoms with Gasteiger partial charge in [-0.2, -0.15) is 0 Å². The molecule has 2 N–H and O–H groups in total. The number of carbonyl (C=O) groups is 1. The summed E-state index contributed by atoms with van der Waals surface area (Å²) in [6.07, 6.45) is 2.47. The molecule has 1 unspecified atom stereocenters. The van der Waals surface area contributed by atoms with Crippen molar-refractivity contribution >= 4 is 32.5 Å². The van der Waals surface area contributed by atoms with Crippen LogP contribution in [0.25, 0.3) is 10.9 Å². The highest BCUT2D eigenvalue weighted by Crippen LogP contribution is 2.26. The Morgan fingerprint density at radius 2 is 1.93 bits per heavy atom. The lowest BCUT2D eigenvalue weighted by Gasteiger charge is -2.19. The monoisotopic (exact) mass is 383 g/mol. The van der Waals surface area contributed by atoms with Gasteiger partial charge in [0.2, 0.25) is 10.0 Å². The van der Waals surface area contributed by atoms with Crippen molar-refractivity contribution in [3.05, 3.63) is 65.9 Å². The molecule has 0 bridgehead atoms. The summed E-state index contributed by atoms with van der Waals surface area (Å²) in [7, 11) is -3.18. The van der Waals surface area contributed by atoms with Crippen molar-refractivity contribution in [3.63, 3.8) is 0 Å². The maximum absolute atomic E-state index is 12.7. The van der Waals surface area contributed by atoms with Crippen molar-refractivity contribution in [2.75, 3.05) is 16.6 Å². The van der Waals surface area contributed by atoms with E-state index in [1.165, 1.54) is 4.31 Å². The average Bonchev–Trinajstić information content (AvgIpc) is 3.27. The summed E-state index contributed by atoms with van der Waals surface area (Å²) >= 11 is 0. The van der Waals surface area contributed by atoms with Crippen LogP contribution in [0, 0.1) is 0 Å². The molecule has 4 rings (SSSR count). The predicted octanol–water partition coefficient (Wildman–Crippen LogP) is 3.20. The first kappa shape index (κ1) is 17.6. The Balaban J connectivity index is 1.51. The number of aromatic amines is 1. The highest BCUT2D eigenvalue weighted by atomic mass is 32.2. The lowest BCUT2D eigenvalue weighted by atomic mass is 10.1. The number of nitrogens with zero attached hydrogens (tertiary/aromatic N) is 1. The van der Waals surface area contributed by atoms with Crippen molar-refractivity contribution in [2.24, 2.45) is 0 Å². The molecule has 3 aromatic rings. The van der Waals surface area contributed by atoms with E-state index in [0.29, 0.717) is 24.2 Å². The van der Waals surface area contributed by atoms with E-state index in [-0.39, 0.29) is 17.7 Å². The molecule has 0 spiro atoms. The maximum Gasteiger partial charge on any atom is 0.252 e. The van der Waals surface area contributed by atoms with Gasteiger partial charge in [-0.3, -0.25) is 9.10 Å². The van der Waals surface area contributed by atoms with Crippen molar-refractivity contribution < 1.29 is 13.2 Å². The van der Waals surface area contributed by atoms with Crippen LogP contribution in [0.1, 0.15) is 35.3 Å². The van der Waals surface area contributed by atoms with Gasteiger partial charge in [-0.15, -0.1) is 0 Å². The second-order valence-electron chi connectivity index (χ2n) is 6.77. The summed E-state index contributed by atoms with van der Waals surface area (Å²) < 4.78 is 25.5. The predicted molar refractivity (Wildman–Crippen MR) is 106 cm³/mol. The second kappa shape index (κ2) is 6.74. The van der Waals surface area contributed by atoms with Gasteiger partial charge in [0.25, 0.3) is 5.91 Å². The first-order chi connectivity index (χ1) is 13.0. The molecule has 140 valence electrons. The van der Waals surface area contributed by atoms with Crippen molar-refractivity contribution in [1.29, 1.82) is 0 Å². The standard InChI is InChI=1S/C20H21N3O3S/c1-14(22-20(24)18-4-2-5-19-17(18)10-11-21-19)15-6-8-16(9-7-15)23-12-3-13-27(23,25)26/h2,4-11,14,21H,3,12-13H2,1H3,(H,22,24). The van der Waals surface area contributed by atoms with E-state index in [0.717, 1.165) is 16.5 Å². The van der Waals surface area contributed by atoms with Crippen molar-refractivity contribution in [2.45, 2.75) is 19.4 Å². The molecule has 1 amide bonds. The molecule has 2 heterocycles. The average molecular weight is 383 g/mol. The molecule has 27 heavy (non-hydrogen) atoms. The normalized spacial score (nSPS) is 17.1. The van der Waals surface area contributed by atoms with Crippen LogP contribution in [-0.2, 0) is 10.0 Å². The molecule has 2 aromatic carbocycles. The number of hydrogen-bond donors (Lipinski definition) is 2. The Morgan fingerprint density at radius 1 is 1.15 bits per heavy atom. The molecule has 7 heteroatoms. The largest absolute Gasteiger partial charge is 0.361 e. The molecule has 6 nitrogen and oxygen atoms in total. The minimum Gasteiger partial charge on any atom is -0.361 e. The van der Waals surface area contributed by atoms with E-state index in [1.807, 2.05) is 43.5 Å². The van der Waals surface area contributed by atoms with E-state index in [1.54, 1.807) is 18.2 Å². The highest BCUT2D eigenvalue weighted by Gasteiger charge is 2.28. The fraction of sp³-hybridized carbons (Fsp3) is 0.250. The van der Waals surface area contributed by atoms with E-state index < -0.39 is 10.0 Å². The van der Waals surface area contributed by atoms with Gasteiger partial charge in [0.15, 0.2) is 0 Å². The van der Waals surface area contributed by atoms with Gasteiger partial charge in [-0.25, -0.2) is 8.42 Å². The highest BCUT2D eigenvalue weighted by molar-refractivity contribution is 7.93. The number of rotatable bonds is 4. The summed E-state index contributed by atoms with van der Waals surface area (Å²) in [4.78, 5) is 15.8. The van der Waals surface area contributed by atoms with E-state index >= 15 is 0 Å². The molecule has 1 atom stereocenters. The van der Waals surface area contributed by atoms with Crippen molar-refractivity contribution in [3.8, 4) is 0 Å². The summed E-state index contributed by atoms with van der Waals surface area (Å²) in [6.45, 7) is 2.44. The SMILES string of the molecule is CC(NC(=O)c1cccc2[nH]ccc12)c1ccc(N2CCCS2(=O)=O)cc1. The summed E-state index contributed by atoms with van der Waals surface area (Å²) in [6, 6.07) is 14.6. The van der Waals surface area contributed by atoms with Crippen LogP contribution in [0.3, 0.4) is 0 Å². The molecule has 0 saturated carbocycles. The fourth-order valence-corrected chi connectivity index (χ4v) is 5.06. The number of fused-ring (bicyclic) bond motifs is 1. The Morgan fingerprint density at radius 3 is 2.63 bits per heavy atom. The molecule has 1 aliphatic heterocycles. The molecule has 0 aliphatic carbocycles. The Bertz CT molecular complexity index is 1090. The lowest BCUT2D eigenvalue weighted by molar-refractivity contribution is 0.0941. The van der Waals surface area contributed by atoms with Gasteiger partial charge in [-0.1, -0.05) is 18.2 Å². The second-order valence-corrected chi connectivity index (χ2v) is 8.79. The number of benzene rings is 2. The fourth-order valence-electron chi connectivity index (χ4n) is 3.50. The number of nitrogens with one attached hydrogen (secondary N) is 2. The zero-order valence-electron chi connectivity index (χ0n) is 15.0. The van der Waals surface area contributed by atoms with Gasteiger partial charge < -0.3 is 10.3 Å².